The van der Waals surface area contributed by atoms with Gasteiger partial charge in [-0.2, -0.15) is 0 Å². The van der Waals surface area contributed by atoms with Crippen molar-refractivity contribution in [1.82, 2.24) is 10.6 Å². The van der Waals surface area contributed by atoms with Crippen LogP contribution in [0.4, 0.5) is 0 Å². The second kappa shape index (κ2) is 13.0. The lowest BCUT2D eigenvalue weighted by Gasteiger charge is -2.01. The van der Waals surface area contributed by atoms with E-state index in [1.807, 2.05) is 0 Å². The number of benzene rings is 1. The summed E-state index contributed by atoms with van der Waals surface area (Å²) in [6.07, 6.45) is 1.28. The maximum Gasteiger partial charge on any atom is 0.335 e. The summed E-state index contributed by atoms with van der Waals surface area (Å²) in [7, 11) is 0. The average Bonchev–Trinajstić information content (AvgIpc) is 2.81. The predicted molar refractivity (Wildman–Crippen MR) is 98.1 cm³/mol. The van der Waals surface area contributed by atoms with E-state index in [9.17, 15) is 9.59 Å². The molecule has 0 spiro atoms. The summed E-state index contributed by atoms with van der Waals surface area (Å²) in [5.41, 5.74) is 0.570. The molecule has 0 radical (unpaired) electrons. The lowest BCUT2D eigenvalue weighted by Crippen LogP contribution is -2.21. The Kier molecular flexibility index (Phi) is 12.2. The van der Waals surface area contributed by atoms with E-state index in [2.05, 4.69) is 35.5 Å². The molecule has 1 aliphatic rings. The number of nitrogens with one attached hydrogen (secondary N) is 2. The molecule has 0 bridgehead atoms. The maximum absolute atomic E-state index is 10.6. The maximum atomic E-state index is 10.6. The van der Waals surface area contributed by atoms with Crippen molar-refractivity contribution in [1.29, 1.82) is 0 Å². The first-order valence-corrected chi connectivity index (χ1v) is 7.99. The molecular formula is C15H22N2O4S2. The molecule has 1 aromatic carbocycles. The number of thiol groups is 1. The van der Waals surface area contributed by atoms with E-state index in [-0.39, 0.29) is 11.1 Å². The molecule has 0 unspecified atom stereocenters. The zero-order chi connectivity index (χ0) is 17.7. The Morgan fingerprint density at radius 2 is 1.65 bits per heavy atom. The summed E-state index contributed by atoms with van der Waals surface area (Å²) in [5.74, 6) is -2.23. The van der Waals surface area contributed by atoms with Gasteiger partial charge < -0.3 is 20.8 Å². The Hall–Kier alpha value is -1.48. The molecule has 1 fully saturated rings. The third-order valence-electron chi connectivity index (χ3n) is 2.90. The number of carbonyl (C=O) groups is 2. The highest BCUT2D eigenvalue weighted by Crippen LogP contribution is 2.11. The molecule has 1 heterocycles. The largest absolute Gasteiger partial charge is 0.478 e. The van der Waals surface area contributed by atoms with Crippen molar-refractivity contribution in [3.8, 4) is 0 Å². The fraction of sp³-hybridized carbons (Fsp3) is 0.400. The molecule has 2 rings (SSSR count). The lowest BCUT2D eigenvalue weighted by molar-refractivity contribution is 0.0695. The summed E-state index contributed by atoms with van der Waals surface area (Å²) >= 11 is 7.61. The van der Waals surface area contributed by atoms with Crippen molar-refractivity contribution < 1.29 is 19.8 Å². The van der Waals surface area contributed by atoms with Crippen LogP contribution in [0.2, 0.25) is 0 Å². The van der Waals surface area contributed by atoms with Crippen molar-refractivity contribution >= 4 is 41.5 Å². The first kappa shape index (κ1) is 21.5. The fourth-order valence-corrected chi connectivity index (χ4v) is 1.75. The second-order valence-corrected chi connectivity index (χ2v) is 5.44. The van der Waals surface area contributed by atoms with Crippen LogP contribution in [0.5, 0.6) is 0 Å². The van der Waals surface area contributed by atoms with Crippen LogP contribution in [-0.4, -0.2) is 53.0 Å². The Labute approximate surface area is 146 Å². The van der Waals surface area contributed by atoms with E-state index in [1.165, 1.54) is 36.3 Å². The highest BCUT2D eigenvalue weighted by Gasteiger charge is 2.10. The van der Waals surface area contributed by atoms with Crippen LogP contribution < -0.4 is 10.6 Å². The Bertz CT molecular complexity index is 505. The van der Waals surface area contributed by atoms with Gasteiger partial charge in [0, 0.05) is 17.8 Å². The summed E-state index contributed by atoms with van der Waals surface area (Å²) in [6, 6.07) is 4.01. The fourth-order valence-electron chi connectivity index (χ4n) is 1.75. The zero-order valence-electron chi connectivity index (χ0n) is 12.9. The van der Waals surface area contributed by atoms with E-state index in [0.29, 0.717) is 5.56 Å². The van der Waals surface area contributed by atoms with E-state index < -0.39 is 11.9 Å². The van der Waals surface area contributed by atoms with Gasteiger partial charge in [-0.05, 0) is 44.1 Å². The molecule has 1 aromatic rings. The van der Waals surface area contributed by atoms with Gasteiger partial charge in [-0.1, -0.05) is 18.3 Å². The quantitative estimate of drug-likeness (QED) is 0.406. The van der Waals surface area contributed by atoms with Crippen molar-refractivity contribution in [3.05, 3.63) is 34.9 Å². The normalized spacial score (nSPS) is 13.3. The van der Waals surface area contributed by atoms with Gasteiger partial charge in [-0.25, -0.2) is 9.59 Å². The van der Waals surface area contributed by atoms with Gasteiger partial charge in [0.1, 0.15) is 0 Å². The summed E-state index contributed by atoms with van der Waals surface area (Å²) in [4.78, 5) is 21.1. The van der Waals surface area contributed by atoms with Crippen LogP contribution in [0.1, 0.15) is 32.7 Å². The number of aromatic carboxylic acids is 2. The smallest absolute Gasteiger partial charge is 0.335 e. The highest BCUT2D eigenvalue weighted by molar-refractivity contribution is 8.08. The molecule has 4 N–H and O–H groups in total. The number of rotatable bonds is 2. The molecular weight excluding hydrogens is 336 g/mol. The second-order valence-electron chi connectivity index (χ2n) is 4.60. The van der Waals surface area contributed by atoms with Crippen molar-refractivity contribution in [2.24, 2.45) is 0 Å². The minimum absolute atomic E-state index is 0.0111. The van der Waals surface area contributed by atoms with Crippen LogP contribution >= 0.6 is 24.8 Å². The summed E-state index contributed by atoms with van der Waals surface area (Å²) in [6.45, 7) is 6.27. The van der Waals surface area contributed by atoms with Crippen molar-refractivity contribution in [2.45, 2.75) is 13.3 Å². The first-order chi connectivity index (χ1) is 10.9. The first-order valence-electron chi connectivity index (χ1n) is 7.00. The lowest BCUT2D eigenvalue weighted by atomic mass is 10.1. The number of carboxylic acids is 2. The topological polar surface area (TPSA) is 98.7 Å². The molecule has 1 saturated heterocycles. The van der Waals surface area contributed by atoms with Crippen LogP contribution in [0.3, 0.4) is 0 Å². The van der Waals surface area contributed by atoms with Crippen LogP contribution in [-0.2, 0) is 0 Å². The van der Waals surface area contributed by atoms with E-state index in [1.54, 1.807) is 6.92 Å². The highest BCUT2D eigenvalue weighted by atomic mass is 32.1. The number of aryl methyl sites for hydroxylation is 1. The van der Waals surface area contributed by atoms with Gasteiger partial charge in [-0.15, -0.1) is 12.6 Å². The van der Waals surface area contributed by atoms with Gasteiger partial charge in [0.15, 0.2) is 0 Å². The Morgan fingerprint density at radius 1 is 1.13 bits per heavy atom. The number of carboxylic acid groups (broad SMARTS) is 2. The van der Waals surface area contributed by atoms with Gasteiger partial charge in [-0.3, -0.25) is 0 Å². The molecule has 128 valence electrons. The van der Waals surface area contributed by atoms with E-state index >= 15 is 0 Å². The van der Waals surface area contributed by atoms with Crippen LogP contribution in [0.15, 0.2) is 18.2 Å². The van der Waals surface area contributed by atoms with Crippen molar-refractivity contribution in [3.63, 3.8) is 0 Å². The Morgan fingerprint density at radius 3 is 2.09 bits per heavy atom. The Balaban J connectivity index is 0.000000404. The molecule has 0 atom stereocenters. The SMILES string of the molecule is C1CNCCNC1.Cc1ccc(C(=O)O)cc1C(=O)O.S=CS. The summed E-state index contributed by atoms with van der Waals surface area (Å²) < 4.78 is 1.28. The number of hydrogen-bond acceptors (Lipinski definition) is 5. The minimum Gasteiger partial charge on any atom is -0.478 e. The number of hydrogen-bond donors (Lipinski definition) is 5. The minimum atomic E-state index is -1.12. The summed E-state index contributed by atoms with van der Waals surface area (Å²) in [5, 5.41) is 23.8. The molecule has 0 amide bonds. The van der Waals surface area contributed by atoms with Gasteiger partial charge in [0.2, 0.25) is 0 Å². The molecule has 0 saturated carbocycles. The third kappa shape index (κ3) is 10.0. The molecule has 0 aromatic heterocycles. The van der Waals surface area contributed by atoms with Crippen molar-refractivity contribution in [2.75, 3.05) is 26.2 Å². The van der Waals surface area contributed by atoms with Gasteiger partial charge in [0.25, 0.3) is 0 Å². The molecule has 6 nitrogen and oxygen atoms in total. The molecule has 23 heavy (non-hydrogen) atoms. The predicted octanol–water partition coefficient (Wildman–Crippen LogP) is 1.83. The third-order valence-corrected chi connectivity index (χ3v) is 2.90. The number of thiocarbonyl (C=S) groups is 1. The standard InChI is InChI=1S/C9H8O4.C5H12N2.CH2S2/c1-5-2-3-6(8(10)11)4-7(5)9(12)13;1-2-6-4-5-7-3-1;2-1-3/h2-4H,1H3,(H,10,11)(H,12,13);6-7H,1-5H2;1H,(H,2,3). The molecule has 8 heteroatoms. The van der Waals surface area contributed by atoms with Gasteiger partial charge in [0.05, 0.1) is 11.1 Å². The van der Waals surface area contributed by atoms with E-state index in [0.717, 1.165) is 19.2 Å². The average molecular weight is 358 g/mol. The van der Waals surface area contributed by atoms with Crippen LogP contribution in [0.25, 0.3) is 0 Å². The van der Waals surface area contributed by atoms with E-state index in [4.69, 9.17) is 10.2 Å². The monoisotopic (exact) mass is 358 g/mol. The van der Waals surface area contributed by atoms with Crippen LogP contribution in [0, 0.1) is 6.92 Å². The molecule has 1 aliphatic heterocycles. The molecule has 0 aliphatic carbocycles. The van der Waals surface area contributed by atoms with Gasteiger partial charge >= 0.3 is 11.9 Å². The zero-order valence-corrected chi connectivity index (χ0v) is 14.6.